The predicted octanol–water partition coefficient (Wildman–Crippen LogP) is 4.50. The standard InChI is InChI=1S/C25H33FN4O4/c1-15(2)30-21(12-13-27-30)23(31)29-22(17-8-6-4-5-7-9-17)24(32)28-20-11-10-18(14-19(20)26)16(3)25(33)34/h10-17,22H,4-9H2,1-3H3,(H,28,32)(H,29,31)(H,33,34)/t16?,22-/m0/s1. The number of rotatable bonds is 8. The Hall–Kier alpha value is -3.23. The second-order valence-corrected chi connectivity index (χ2v) is 9.25. The highest BCUT2D eigenvalue weighted by atomic mass is 19.1. The number of aromatic nitrogens is 2. The molecule has 1 aliphatic rings. The first kappa shape index (κ1) is 25.4. The van der Waals surface area contributed by atoms with Crippen molar-refractivity contribution in [3.8, 4) is 0 Å². The minimum atomic E-state index is -1.06. The van der Waals surface area contributed by atoms with Crippen molar-refractivity contribution in [1.82, 2.24) is 15.1 Å². The Morgan fingerprint density at radius 2 is 1.76 bits per heavy atom. The summed E-state index contributed by atoms with van der Waals surface area (Å²) in [6.45, 7) is 5.29. The van der Waals surface area contributed by atoms with Gasteiger partial charge in [0.05, 0.1) is 11.6 Å². The first-order valence-electron chi connectivity index (χ1n) is 11.9. The molecule has 8 nitrogen and oxygen atoms in total. The molecule has 2 aromatic rings. The third kappa shape index (κ3) is 6.01. The zero-order valence-corrected chi connectivity index (χ0v) is 19.9. The molecule has 2 amide bonds. The van der Waals surface area contributed by atoms with Crippen LogP contribution in [-0.4, -0.2) is 38.7 Å². The maximum absolute atomic E-state index is 14.7. The number of nitrogens with zero attached hydrogens (tertiary/aromatic N) is 2. The van der Waals surface area contributed by atoms with Crippen molar-refractivity contribution >= 4 is 23.5 Å². The van der Waals surface area contributed by atoms with Crippen molar-refractivity contribution in [2.24, 2.45) is 5.92 Å². The van der Waals surface area contributed by atoms with E-state index in [0.29, 0.717) is 11.3 Å². The summed E-state index contributed by atoms with van der Waals surface area (Å²) in [5.41, 5.74) is 0.615. The number of carboxylic acid groups (broad SMARTS) is 1. The molecule has 0 radical (unpaired) electrons. The molecule has 2 atom stereocenters. The predicted molar refractivity (Wildman–Crippen MR) is 126 cm³/mol. The first-order chi connectivity index (χ1) is 16.2. The van der Waals surface area contributed by atoms with Crippen LogP contribution in [0.3, 0.4) is 0 Å². The van der Waals surface area contributed by atoms with Gasteiger partial charge in [-0.15, -0.1) is 0 Å². The van der Waals surface area contributed by atoms with Gasteiger partial charge in [-0.25, -0.2) is 4.39 Å². The molecular weight excluding hydrogens is 439 g/mol. The average molecular weight is 473 g/mol. The number of anilines is 1. The van der Waals surface area contributed by atoms with Crippen molar-refractivity contribution < 1.29 is 23.9 Å². The van der Waals surface area contributed by atoms with Crippen molar-refractivity contribution in [2.45, 2.75) is 77.3 Å². The lowest BCUT2D eigenvalue weighted by atomic mass is 9.90. The molecule has 184 valence electrons. The SMILES string of the molecule is CC(C(=O)O)c1ccc(NC(=O)[C@@H](NC(=O)c2ccnn2C(C)C)C2CCCCCC2)c(F)c1. The normalized spacial score (nSPS) is 16.5. The van der Waals surface area contributed by atoms with Crippen LogP contribution in [0.1, 0.15) is 87.3 Å². The Balaban J connectivity index is 1.83. The number of halogens is 1. The maximum atomic E-state index is 14.7. The molecule has 34 heavy (non-hydrogen) atoms. The molecule has 0 aliphatic heterocycles. The Labute approximate surface area is 198 Å². The first-order valence-corrected chi connectivity index (χ1v) is 11.9. The molecule has 0 saturated heterocycles. The minimum absolute atomic E-state index is 0.0262. The second-order valence-electron chi connectivity index (χ2n) is 9.25. The van der Waals surface area contributed by atoms with Gasteiger partial charge < -0.3 is 15.7 Å². The van der Waals surface area contributed by atoms with Gasteiger partial charge in [0.2, 0.25) is 5.91 Å². The Morgan fingerprint density at radius 1 is 1.09 bits per heavy atom. The van der Waals surface area contributed by atoms with Gasteiger partial charge in [0.25, 0.3) is 5.91 Å². The minimum Gasteiger partial charge on any atom is -0.481 e. The van der Waals surface area contributed by atoms with Crippen LogP contribution >= 0.6 is 0 Å². The fraction of sp³-hybridized carbons (Fsp3) is 0.520. The number of aliphatic carboxylic acids is 1. The van der Waals surface area contributed by atoms with E-state index < -0.39 is 35.6 Å². The van der Waals surface area contributed by atoms with E-state index in [4.69, 9.17) is 5.11 Å². The van der Waals surface area contributed by atoms with Gasteiger partial charge in [-0.1, -0.05) is 31.7 Å². The summed E-state index contributed by atoms with van der Waals surface area (Å²) in [4.78, 5) is 37.6. The van der Waals surface area contributed by atoms with Gasteiger partial charge in [0.1, 0.15) is 17.6 Å². The Kier molecular flexibility index (Phi) is 8.41. The molecule has 3 N–H and O–H groups in total. The number of hydrogen-bond donors (Lipinski definition) is 3. The number of hydrogen-bond acceptors (Lipinski definition) is 4. The van der Waals surface area contributed by atoms with E-state index in [1.807, 2.05) is 13.8 Å². The van der Waals surface area contributed by atoms with Crippen molar-refractivity contribution in [3.05, 3.63) is 47.5 Å². The molecule has 1 aliphatic carbocycles. The number of carboxylic acids is 1. The van der Waals surface area contributed by atoms with Crippen molar-refractivity contribution in [3.63, 3.8) is 0 Å². The molecule has 3 rings (SSSR count). The number of benzene rings is 1. The van der Waals surface area contributed by atoms with Gasteiger partial charge in [-0.3, -0.25) is 19.1 Å². The number of carbonyl (C=O) groups is 3. The van der Waals surface area contributed by atoms with Gasteiger partial charge in [0.15, 0.2) is 0 Å². The molecule has 1 aromatic heterocycles. The zero-order valence-electron chi connectivity index (χ0n) is 19.9. The summed E-state index contributed by atoms with van der Waals surface area (Å²) in [5, 5.41) is 18.9. The van der Waals surface area contributed by atoms with Crippen LogP contribution in [0.15, 0.2) is 30.5 Å². The van der Waals surface area contributed by atoms with Crippen LogP contribution < -0.4 is 10.6 Å². The monoisotopic (exact) mass is 472 g/mol. The molecule has 1 aromatic carbocycles. The number of nitrogens with one attached hydrogen (secondary N) is 2. The van der Waals surface area contributed by atoms with Gasteiger partial charge in [-0.2, -0.15) is 5.10 Å². The molecule has 1 heterocycles. The lowest BCUT2D eigenvalue weighted by Crippen LogP contribution is -2.49. The molecule has 0 spiro atoms. The Bertz CT molecular complexity index is 1030. The molecule has 0 bridgehead atoms. The van der Waals surface area contributed by atoms with Crippen LogP contribution in [0.2, 0.25) is 0 Å². The van der Waals surface area contributed by atoms with Crippen LogP contribution in [0.4, 0.5) is 10.1 Å². The fourth-order valence-corrected chi connectivity index (χ4v) is 4.42. The van der Waals surface area contributed by atoms with E-state index in [-0.39, 0.29) is 17.6 Å². The summed E-state index contributed by atoms with van der Waals surface area (Å²) >= 11 is 0. The summed E-state index contributed by atoms with van der Waals surface area (Å²) in [6, 6.07) is 4.72. The van der Waals surface area contributed by atoms with E-state index in [9.17, 15) is 18.8 Å². The summed E-state index contributed by atoms with van der Waals surface area (Å²) in [6.07, 6.45) is 7.21. The van der Waals surface area contributed by atoms with Gasteiger partial charge in [0, 0.05) is 12.2 Å². The van der Waals surface area contributed by atoms with Crippen LogP contribution in [0.25, 0.3) is 0 Å². The summed E-state index contributed by atoms with van der Waals surface area (Å²) in [5.74, 6) is -3.62. The summed E-state index contributed by atoms with van der Waals surface area (Å²) in [7, 11) is 0. The van der Waals surface area contributed by atoms with Crippen LogP contribution in [0.5, 0.6) is 0 Å². The highest BCUT2D eigenvalue weighted by Crippen LogP contribution is 2.28. The van der Waals surface area contributed by atoms with Crippen LogP contribution in [0, 0.1) is 11.7 Å². The third-order valence-electron chi connectivity index (χ3n) is 6.45. The van der Waals surface area contributed by atoms with Gasteiger partial charge >= 0.3 is 5.97 Å². The smallest absolute Gasteiger partial charge is 0.310 e. The lowest BCUT2D eigenvalue weighted by Gasteiger charge is -2.27. The lowest BCUT2D eigenvalue weighted by molar-refractivity contribution is -0.138. The molecule has 1 unspecified atom stereocenters. The fourth-order valence-electron chi connectivity index (χ4n) is 4.42. The maximum Gasteiger partial charge on any atom is 0.310 e. The zero-order chi connectivity index (χ0) is 24.8. The Morgan fingerprint density at radius 3 is 2.35 bits per heavy atom. The quantitative estimate of drug-likeness (QED) is 0.490. The third-order valence-corrected chi connectivity index (χ3v) is 6.45. The highest BCUT2D eigenvalue weighted by Gasteiger charge is 2.32. The number of amides is 2. The topological polar surface area (TPSA) is 113 Å². The summed E-state index contributed by atoms with van der Waals surface area (Å²) < 4.78 is 16.3. The van der Waals surface area contributed by atoms with E-state index in [2.05, 4.69) is 15.7 Å². The number of carbonyl (C=O) groups excluding carboxylic acids is 2. The molecular formula is C25H33FN4O4. The van der Waals surface area contributed by atoms with Gasteiger partial charge in [-0.05, 0) is 63.3 Å². The van der Waals surface area contributed by atoms with E-state index in [1.165, 1.54) is 19.1 Å². The van der Waals surface area contributed by atoms with E-state index in [0.717, 1.165) is 44.6 Å². The molecule has 1 saturated carbocycles. The highest BCUT2D eigenvalue weighted by molar-refractivity contribution is 6.00. The molecule has 1 fully saturated rings. The van der Waals surface area contributed by atoms with Crippen molar-refractivity contribution in [1.29, 1.82) is 0 Å². The van der Waals surface area contributed by atoms with E-state index in [1.54, 1.807) is 16.9 Å². The average Bonchev–Trinajstić information content (AvgIpc) is 3.15. The van der Waals surface area contributed by atoms with E-state index >= 15 is 0 Å². The second kappa shape index (κ2) is 11.3. The van der Waals surface area contributed by atoms with Crippen molar-refractivity contribution in [2.75, 3.05) is 5.32 Å². The molecule has 9 heteroatoms. The largest absolute Gasteiger partial charge is 0.481 e. The van der Waals surface area contributed by atoms with Crippen LogP contribution in [-0.2, 0) is 9.59 Å².